The highest BCUT2D eigenvalue weighted by molar-refractivity contribution is 8.18. The van der Waals surface area contributed by atoms with Crippen LogP contribution >= 0.6 is 23.4 Å². The van der Waals surface area contributed by atoms with Gasteiger partial charge in [-0.3, -0.25) is 19.3 Å². The van der Waals surface area contributed by atoms with Gasteiger partial charge in [0.05, 0.1) is 4.91 Å². The molecule has 1 saturated carbocycles. The first-order valence-corrected chi connectivity index (χ1v) is 8.52. The van der Waals surface area contributed by atoms with Gasteiger partial charge in [0.25, 0.3) is 11.1 Å². The van der Waals surface area contributed by atoms with Crippen molar-refractivity contribution in [3.8, 4) is 0 Å². The van der Waals surface area contributed by atoms with E-state index in [0.29, 0.717) is 16.5 Å². The Morgan fingerprint density at radius 2 is 2.00 bits per heavy atom. The van der Waals surface area contributed by atoms with Gasteiger partial charge in [-0.2, -0.15) is 0 Å². The molecule has 3 amide bonds. The van der Waals surface area contributed by atoms with E-state index in [1.54, 1.807) is 30.3 Å². The topological polar surface area (TPSA) is 66.5 Å². The molecular formula is C16H15ClN2O3S. The van der Waals surface area contributed by atoms with E-state index in [0.717, 1.165) is 30.2 Å². The van der Waals surface area contributed by atoms with Gasteiger partial charge in [-0.25, -0.2) is 0 Å². The predicted octanol–water partition coefficient (Wildman–Crippen LogP) is 2.90. The van der Waals surface area contributed by atoms with E-state index in [4.69, 9.17) is 11.6 Å². The average Bonchev–Trinajstić information content (AvgIpc) is 3.33. The van der Waals surface area contributed by atoms with Crippen molar-refractivity contribution in [2.24, 2.45) is 5.92 Å². The van der Waals surface area contributed by atoms with Gasteiger partial charge in [-0.05, 0) is 48.4 Å². The SMILES string of the molecule is O=C(NCCN1C(=O)SC(=Cc2ccc(Cl)cc2)C1=O)C1CC1. The van der Waals surface area contributed by atoms with E-state index in [1.165, 1.54) is 4.90 Å². The maximum Gasteiger partial charge on any atom is 0.293 e. The largest absolute Gasteiger partial charge is 0.354 e. The average molecular weight is 351 g/mol. The van der Waals surface area contributed by atoms with Gasteiger partial charge < -0.3 is 5.32 Å². The molecule has 5 nitrogen and oxygen atoms in total. The number of halogens is 1. The van der Waals surface area contributed by atoms with Gasteiger partial charge in [-0.1, -0.05) is 23.7 Å². The number of carbonyl (C=O) groups is 3. The van der Waals surface area contributed by atoms with E-state index < -0.39 is 0 Å². The zero-order valence-corrected chi connectivity index (χ0v) is 13.8. The number of hydrogen-bond acceptors (Lipinski definition) is 4. The molecule has 1 N–H and O–H groups in total. The van der Waals surface area contributed by atoms with Crippen LogP contribution in [-0.4, -0.2) is 35.0 Å². The van der Waals surface area contributed by atoms with Crippen molar-refractivity contribution in [1.82, 2.24) is 10.2 Å². The van der Waals surface area contributed by atoms with Gasteiger partial charge in [0.2, 0.25) is 5.91 Å². The van der Waals surface area contributed by atoms with Crippen LogP contribution in [0.1, 0.15) is 18.4 Å². The number of rotatable bonds is 5. The second-order valence-electron chi connectivity index (χ2n) is 5.45. The van der Waals surface area contributed by atoms with E-state index in [2.05, 4.69) is 5.32 Å². The Morgan fingerprint density at radius 3 is 2.65 bits per heavy atom. The summed E-state index contributed by atoms with van der Waals surface area (Å²) >= 11 is 6.73. The highest BCUT2D eigenvalue weighted by atomic mass is 35.5. The molecule has 0 atom stereocenters. The Morgan fingerprint density at radius 1 is 1.30 bits per heavy atom. The van der Waals surface area contributed by atoms with Gasteiger partial charge in [0, 0.05) is 24.0 Å². The second-order valence-corrected chi connectivity index (χ2v) is 6.88. The van der Waals surface area contributed by atoms with Crippen molar-refractivity contribution in [2.45, 2.75) is 12.8 Å². The van der Waals surface area contributed by atoms with Crippen molar-refractivity contribution in [3.63, 3.8) is 0 Å². The Hall–Kier alpha value is -1.79. The molecule has 0 unspecified atom stereocenters. The molecule has 3 rings (SSSR count). The number of hydrogen-bond donors (Lipinski definition) is 1. The summed E-state index contributed by atoms with van der Waals surface area (Å²) in [4.78, 5) is 37.3. The van der Waals surface area contributed by atoms with Crippen LogP contribution in [-0.2, 0) is 9.59 Å². The molecule has 0 bridgehead atoms. The smallest absolute Gasteiger partial charge is 0.293 e. The highest BCUT2D eigenvalue weighted by Gasteiger charge is 2.35. The minimum Gasteiger partial charge on any atom is -0.354 e. The molecule has 2 fully saturated rings. The van der Waals surface area contributed by atoms with Gasteiger partial charge >= 0.3 is 0 Å². The minimum atomic E-state index is -0.323. The Labute approximate surface area is 143 Å². The summed E-state index contributed by atoms with van der Waals surface area (Å²) in [6, 6.07) is 7.02. The lowest BCUT2D eigenvalue weighted by Gasteiger charge is -2.12. The maximum absolute atomic E-state index is 12.3. The van der Waals surface area contributed by atoms with Crippen LogP contribution in [0.5, 0.6) is 0 Å². The van der Waals surface area contributed by atoms with Gasteiger partial charge in [0.1, 0.15) is 0 Å². The number of carbonyl (C=O) groups excluding carboxylic acids is 3. The summed E-state index contributed by atoms with van der Waals surface area (Å²) in [7, 11) is 0. The summed E-state index contributed by atoms with van der Waals surface area (Å²) < 4.78 is 0. The number of thioether (sulfide) groups is 1. The lowest BCUT2D eigenvalue weighted by molar-refractivity contribution is -0.124. The molecule has 1 heterocycles. The first kappa shape index (κ1) is 16.1. The Balaban J connectivity index is 1.60. The van der Waals surface area contributed by atoms with Crippen molar-refractivity contribution in [2.75, 3.05) is 13.1 Å². The monoisotopic (exact) mass is 350 g/mol. The van der Waals surface area contributed by atoms with E-state index >= 15 is 0 Å². The molecular weight excluding hydrogens is 336 g/mol. The predicted molar refractivity (Wildman–Crippen MR) is 89.9 cm³/mol. The van der Waals surface area contributed by atoms with E-state index in [1.807, 2.05) is 0 Å². The quantitative estimate of drug-likeness (QED) is 0.829. The summed E-state index contributed by atoms with van der Waals surface area (Å²) in [6.45, 7) is 0.489. The second kappa shape index (κ2) is 6.76. The highest BCUT2D eigenvalue weighted by Crippen LogP contribution is 2.32. The molecule has 1 aromatic carbocycles. The number of benzene rings is 1. The van der Waals surface area contributed by atoms with Crippen molar-refractivity contribution in [1.29, 1.82) is 0 Å². The first-order chi connectivity index (χ1) is 11.0. The van der Waals surface area contributed by atoms with Crippen LogP contribution in [0.4, 0.5) is 4.79 Å². The Kier molecular flexibility index (Phi) is 4.73. The van der Waals surface area contributed by atoms with Crippen molar-refractivity contribution in [3.05, 3.63) is 39.8 Å². The van der Waals surface area contributed by atoms with Crippen LogP contribution in [0.25, 0.3) is 6.08 Å². The standard InChI is InChI=1S/C16H15ClN2O3S/c17-12-5-1-10(2-6-12)9-13-15(21)19(16(22)23-13)8-7-18-14(20)11-3-4-11/h1-2,5-6,9,11H,3-4,7-8H2,(H,18,20). The molecule has 7 heteroatoms. The first-order valence-electron chi connectivity index (χ1n) is 7.33. The van der Waals surface area contributed by atoms with Crippen LogP contribution in [0, 0.1) is 5.92 Å². The zero-order valence-electron chi connectivity index (χ0n) is 12.3. The lowest BCUT2D eigenvalue weighted by Crippen LogP contribution is -2.37. The molecule has 0 aromatic heterocycles. The lowest BCUT2D eigenvalue weighted by atomic mass is 10.2. The molecule has 1 aromatic rings. The van der Waals surface area contributed by atoms with E-state index in [9.17, 15) is 14.4 Å². The number of amides is 3. The summed E-state index contributed by atoms with van der Waals surface area (Å²) in [5, 5.41) is 3.06. The molecule has 23 heavy (non-hydrogen) atoms. The molecule has 0 radical (unpaired) electrons. The van der Waals surface area contributed by atoms with Crippen molar-refractivity contribution < 1.29 is 14.4 Å². The fourth-order valence-corrected chi connectivity index (χ4v) is 3.17. The fraction of sp³-hybridized carbons (Fsp3) is 0.312. The Bertz CT molecular complexity index is 683. The third-order valence-corrected chi connectivity index (χ3v) is 4.78. The molecule has 1 aliphatic heterocycles. The summed E-state index contributed by atoms with van der Waals surface area (Å²) in [6.07, 6.45) is 3.53. The molecule has 1 aliphatic carbocycles. The fourth-order valence-electron chi connectivity index (χ4n) is 2.18. The molecule has 120 valence electrons. The van der Waals surface area contributed by atoms with Gasteiger partial charge in [-0.15, -0.1) is 0 Å². The molecule has 0 spiro atoms. The van der Waals surface area contributed by atoms with E-state index in [-0.39, 0.29) is 29.5 Å². The number of imide groups is 1. The molecule has 2 aliphatic rings. The number of nitrogens with zero attached hydrogens (tertiary/aromatic N) is 1. The normalized spacial score (nSPS) is 19.5. The summed E-state index contributed by atoms with van der Waals surface area (Å²) in [5.74, 6) is -0.195. The number of nitrogens with one attached hydrogen (secondary N) is 1. The van der Waals surface area contributed by atoms with Crippen LogP contribution in [0.3, 0.4) is 0 Å². The van der Waals surface area contributed by atoms with Crippen LogP contribution in [0.15, 0.2) is 29.2 Å². The van der Waals surface area contributed by atoms with Crippen LogP contribution in [0.2, 0.25) is 5.02 Å². The van der Waals surface area contributed by atoms with Crippen molar-refractivity contribution >= 4 is 46.5 Å². The third-order valence-electron chi connectivity index (χ3n) is 3.62. The third kappa shape index (κ3) is 3.95. The summed E-state index contributed by atoms with van der Waals surface area (Å²) in [5.41, 5.74) is 0.807. The van der Waals surface area contributed by atoms with Crippen LogP contribution < -0.4 is 5.32 Å². The van der Waals surface area contributed by atoms with Gasteiger partial charge in [0.15, 0.2) is 0 Å². The molecule has 1 saturated heterocycles. The maximum atomic E-state index is 12.3. The minimum absolute atomic E-state index is 0.00803. The zero-order chi connectivity index (χ0) is 16.4.